The van der Waals surface area contributed by atoms with Crippen molar-refractivity contribution in [2.75, 3.05) is 44.6 Å². The van der Waals surface area contributed by atoms with E-state index in [-0.39, 0.29) is 11.7 Å². The van der Waals surface area contributed by atoms with Gasteiger partial charge in [-0.2, -0.15) is 0 Å². The molecule has 2 aromatic carbocycles. The topological polar surface area (TPSA) is 52.7 Å². The van der Waals surface area contributed by atoms with Crippen LogP contribution in [-0.2, 0) is 4.79 Å². The molecule has 5 heteroatoms. The van der Waals surface area contributed by atoms with Crippen molar-refractivity contribution in [2.45, 2.75) is 0 Å². The third-order valence-corrected chi connectivity index (χ3v) is 4.35. The number of hydrogen-bond acceptors (Lipinski definition) is 4. The van der Waals surface area contributed by atoms with Crippen molar-refractivity contribution >= 4 is 17.4 Å². The Morgan fingerprint density at radius 2 is 1.28 bits per heavy atom. The summed E-state index contributed by atoms with van der Waals surface area (Å²) in [5.41, 5.74) is 1.58. The van der Waals surface area contributed by atoms with Gasteiger partial charge in [-0.05, 0) is 12.1 Å². The van der Waals surface area contributed by atoms with Crippen molar-refractivity contribution in [1.29, 1.82) is 0 Å². The molecule has 3 rings (SSSR count). The highest BCUT2D eigenvalue weighted by Gasteiger charge is 2.21. The number of rotatable bonds is 6. The molecule has 25 heavy (non-hydrogen) atoms. The Morgan fingerprint density at radius 1 is 0.760 bits per heavy atom. The summed E-state index contributed by atoms with van der Waals surface area (Å²) in [5, 5.41) is 2.91. The predicted octanol–water partition coefficient (Wildman–Crippen LogP) is 2.13. The van der Waals surface area contributed by atoms with Crippen molar-refractivity contribution in [1.82, 2.24) is 9.80 Å². The van der Waals surface area contributed by atoms with E-state index < -0.39 is 0 Å². The number of piperazine rings is 1. The highest BCUT2D eigenvalue weighted by Crippen LogP contribution is 2.08. The van der Waals surface area contributed by atoms with Gasteiger partial charge >= 0.3 is 0 Å². The van der Waals surface area contributed by atoms with E-state index in [1.54, 1.807) is 0 Å². The lowest BCUT2D eigenvalue weighted by atomic mass is 10.1. The molecule has 1 saturated heterocycles. The normalized spacial score (nSPS) is 15.7. The summed E-state index contributed by atoms with van der Waals surface area (Å²) >= 11 is 0. The second kappa shape index (κ2) is 8.55. The van der Waals surface area contributed by atoms with Gasteiger partial charge in [-0.15, -0.1) is 0 Å². The smallest absolute Gasteiger partial charge is 0.238 e. The Labute approximate surface area is 148 Å². The maximum absolute atomic E-state index is 12.3. The van der Waals surface area contributed by atoms with Gasteiger partial charge in [0.1, 0.15) is 0 Å². The number of nitrogens with one attached hydrogen (secondary N) is 1. The van der Waals surface area contributed by atoms with E-state index >= 15 is 0 Å². The monoisotopic (exact) mass is 337 g/mol. The maximum atomic E-state index is 12.3. The van der Waals surface area contributed by atoms with Crippen LogP contribution in [0.2, 0.25) is 0 Å². The molecule has 0 bridgehead atoms. The van der Waals surface area contributed by atoms with E-state index in [4.69, 9.17) is 0 Å². The first-order valence-corrected chi connectivity index (χ1v) is 8.58. The van der Waals surface area contributed by atoms with Crippen LogP contribution in [0, 0.1) is 0 Å². The third kappa shape index (κ3) is 5.24. The van der Waals surface area contributed by atoms with E-state index in [1.807, 2.05) is 60.7 Å². The molecule has 2 aromatic rings. The molecule has 1 aliphatic heterocycles. The van der Waals surface area contributed by atoms with E-state index in [1.165, 1.54) is 0 Å². The van der Waals surface area contributed by atoms with Crippen LogP contribution in [0.4, 0.5) is 5.69 Å². The van der Waals surface area contributed by atoms with E-state index in [0.29, 0.717) is 13.1 Å². The van der Waals surface area contributed by atoms with E-state index in [0.717, 1.165) is 37.4 Å². The Kier molecular flexibility index (Phi) is 5.93. The zero-order valence-corrected chi connectivity index (χ0v) is 14.2. The van der Waals surface area contributed by atoms with Gasteiger partial charge in [0, 0.05) is 37.4 Å². The number of hydrogen-bond donors (Lipinski definition) is 1. The average molecular weight is 337 g/mol. The third-order valence-electron chi connectivity index (χ3n) is 4.35. The van der Waals surface area contributed by atoms with Crippen molar-refractivity contribution < 1.29 is 9.59 Å². The zero-order valence-electron chi connectivity index (χ0n) is 14.2. The summed E-state index contributed by atoms with van der Waals surface area (Å²) in [4.78, 5) is 28.6. The average Bonchev–Trinajstić information content (AvgIpc) is 2.65. The van der Waals surface area contributed by atoms with Gasteiger partial charge in [0.15, 0.2) is 5.78 Å². The Morgan fingerprint density at radius 3 is 1.88 bits per heavy atom. The molecule has 0 aromatic heterocycles. The van der Waals surface area contributed by atoms with Gasteiger partial charge in [0.25, 0.3) is 0 Å². The molecule has 130 valence electrons. The highest BCUT2D eigenvalue weighted by molar-refractivity contribution is 5.97. The molecule has 0 atom stereocenters. The van der Waals surface area contributed by atoms with Gasteiger partial charge in [-0.1, -0.05) is 48.5 Å². The van der Waals surface area contributed by atoms with E-state index in [9.17, 15) is 9.59 Å². The fourth-order valence-corrected chi connectivity index (χ4v) is 2.95. The minimum atomic E-state index is 0.0000111. The van der Waals surface area contributed by atoms with Gasteiger partial charge in [0.05, 0.1) is 13.1 Å². The minimum absolute atomic E-state index is 0.0000111. The summed E-state index contributed by atoms with van der Waals surface area (Å²) in [6, 6.07) is 18.9. The Hall–Kier alpha value is -2.50. The molecule has 0 radical (unpaired) electrons. The molecule has 0 aliphatic carbocycles. The molecule has 1 heterocycles. The van der Waals surface area contributed by atoms with Crippen LogP contribution in [0.15, 0.2) is 60.7 Å². The number of carbonyl (C=O) groups excluding carboxylic acids is 2. The SMILES string of the molecule is O=C(CN1CCN(CC(=O)c2ccccc2)CC1)Nc1ccccc1. The van der Waals surface area contributed by atoms with Crippen LogP contribution < -0.4 is 5.32 Å². The Balaban J connectivity index is 1.41. The molecule has 1 fully saturated rings. The zero-order chi connectivity index (χ0) is 17.5. The fourth-order valence-electron chi connectivity index (χ4n) is 2.95. The lowest BCUT2D eigenvalue weighted by Gasteiger charge is -2.33. The van der Waals surface area contributed by atoms with E-state index in [2.05, 4.69) is 15.1 Å². The number of Topliss-reactive ketones (excluding diaryl/α,β-unsaturated/α-hetero) is 1. The van der Waals surface area contributed by atoms with Crippen molar-refractivity contribution in [3.8, 4) is 0 Å². The van der Waals surface area contributed by atoms with Gasteiger partial charge in [-0.25, -0.2) is 0 Å². The number of ketones is 1. The van der Waals surface area contributed by atoms with Crippen LogP contribution in [0.5, 0.6) is 0 Å². The minimum Gasteiger partial charge on any atom is -0.325 e. The lowest BCUT2D eigenvalue weighted by molar-refractivity contribution is -0.117. The number of nitrogens with zero attached hydrogens (tertiary/aromatic N) is 2. The molecule has 0 unspecified atom stereocenters. The first-order chi connectivity index (χ1) is 12.2. The largest absolute Gasteiger partial charge is 0.325 e. The van der Waals surface area contributed by atoms with Gasteiger partial charge < -0.3 is 5.32 Å². The molecular weight excluding hydrogens is 314 g/mol. The van der Waals surface area contributed by atoms with Crippen LogP contribution in [0.25, 0.3) is 0 Å². The molecule has 1 amide bonds. The van der Waals surface area contributed by atoms with Gasteiger partial charge in [0.2, 0.25) is 5.91 Å². The van der Waals surface area contributed by atoms with Crippen molar-refractivity contribution in [3.63, 3.8) is 0 Å². The lowest BCUT2D eigenvalue weighted by Crippen LogP contribution is -2.49. The standard InChI is InChI=1S/C20H23N3O2/c24-19(17-7-3-1-4-8-17)15-22-11-13-23(14-12-22)16-20(25)21-18-9-5-2-6-10-18/h1-10H,11-16H2,(H,21,25). The summed E-state index contributed by atoms with van der Waals surface area (Å²) < 4.78 is 0. The molecule has 0 spiro atoms. The summed E-state index contributed by atoms with van der Waals surface area (Å²) in [6.07, 6.45) is 0. The molecule has 0 saturated carbocycles. The molecular formula is C20H23N3O2. The second-order valence-electron chi connectivity index (χ2n) is 6.26. The number of carbonyl (C=O) groups is 2. The van der Waals surface area contributed by atoms with Crippen molar-refractivity contribution in [3.05, 3.63) is 66.2 Å². The molecule has 1 N–H and O–H groups in total. The summed E-state index contributed by atoms with van der Waals surface area (Å²) in [5.74, 6) is 0.149. The van der Waals surface area contributed by atoms with Crippen molar-refractivity contribution in [2.24, 2.45) is 0 Å². The maximum Gasteiger partial charge on any atom is 0.238 e. The predicted molar refractivity (Wildman–Crippen MR) is 98.7 cm³/mol. The summed E-state index contributed by atoms with van der Waals surface area (Å²) in [6.45, 7) is 4.02. The number of anilines is 1. The Bertz CT molecular complexity index is 695. The van der Waals surface area contributed by atoms with Crippen LogP contribution >= 0.6 is 0 Å². The van der Waals surface area contributed by atoms with Crippen LogP contribution in [0.3, 0.4) is 0 Å². The van der Waals surface area contributed by atoms with Crippen LogP contribution in [-0.4, -0.2) is 60.8 Å². The highest BCUT2D eigenvalue weighted by atomic mass is 16.2. The number of para-hydroxylation sites is 1. The molecule has 5 nitrogen and oxygen atoms in total. The van der Waals surface area contributed by atoms with Crippen LogP contribution in [0.1, 0.15) is 10.4 Å². The number of benzene rings is 2. The van der Waals surface area contributed by atoms with Gasteiger partial charge in [-0.3, -0.25) is 19.4 Å². The quantitative estimate of drug-likeness (QED) is 0.821. The second-order valence-corrected chi connectivity index (χ2v) is 6.26. The molecule has 1 aliphatic rings. The fraction of sp³-hybridized carbons (Fsp3) is 0.300. The number of amides is 1. The first-order valence-electron chi connectivity index (χ1n) is 8.58. The first kappa shape index (κ1) is 17.3. The summed E-state index contributed by atoms with van der Waals surface area (Å²) in [7, 11) is 0.